The smallest absolute Gasteiger partial charge is 0.0622 e. The third kappa shape index (κ3) is 1.30. The highest BCUT2D eigenvalue weighted by Crippen LogP contribution is 2.29. The third-order valence-electron chi connectivity index (χ3n) is 3.12. The molecule has 64 valence electrons. The summed E-state index contributed by atoms with van der Waals surface area (Å²) >= 11 is 0. The molecule has 2 nitrogen and oxygen atoms in total. The van der Waals surface area contributed by atoms with Crippen molar-refractivity contribution in [2.24, 2.45) is 5.92 Å². The molecule has 0 aromatic carbocycles. The standard InChI is InChI=1S/C9H17NO/c1-7-3-8-5-11-6-9(4-7)10(8)2/h7-9H,3-6H2,1-2H3/t7-,8-,9+. The van der Waals surface area contributed by atoms with Crippen LogP contribution in [-0.2, 0) is 4.74 Å². The maximum absolute atomic E-state index is 5.51. The van der Waals surface area contributed by atoms with Crippen LogP contribution in [0.2, 0.25) is 0 Å². The van der Waals surface area contributed by atoms with Crippen LogP contribution < -0.4 is 0 Å². The van der Waals surface area contributed by atoms with Crippen molar-refractivity contribution >= 4 is 0 Å². The molecule has 0 aromatic rings. The Kier molecular flexibility index (Phi) is 1.90. The average molecular weight is 155 g/mol. The minimum absolute atomic E-state index is 0.706. The van der Waals surface area contributed by atoms with Gasteiger partial charge in [-0.1, -0.05) is 6.92 Å². The van der Waals surface area contributed by atoms with E-state index in [-0.39, 0.29) is 0 Å². The maximum atomic E-state index is 5.51. The van der Waals surface area contributed by atoms with Crippen molar-refractivity contribution in [3.63, 3.8) is 0 Å². The summed E-state index contributed by atoms with van der Waals surface area (Å²) in [6, 6.07) is 1.41. The molecular weight excluding hydrogens is 138 g/mol. The van der Waals surface area contributed by atoms with Gasteiger partial charge >= 0.3 is 0 Å². The highest BCUT2D eigenvalue weighted by atomic mass is 16.5. The summed E-state index contributed by atoms with van der Waals surface area (Å²) in [6.45, 7) is 4.27. The summed E-state index contributed by atoms with van der Waals surface area (Å²) in [4.78, 5) is 2.50. The zero-order chi connectivity index (χ0) is 7.84. The number of morpholine rings is 1. The predicted octanol–water partition coefficient (Wildman–Crippen LogP) is 1.12. The van der Waals surface area contributed by atoms with Gasteiger partial charge in [0.15, 0.2) is 0 Å². The van der Waals surface area contributed by atoms with Gasteiger partial charge in [-0.2, -0.15) is 0 Å². The SMILES string of the molecule is C[C@H]1C[C@H]2COC[C@@H](C1)N2C. The lowest BCUT2D eigenvalue weighted by molar-refractivity contribution is -0.0724. The molecule has 0 spiro atoms. The van der Waals surface area contributed by atoms with Crippen molar-refractivity contribution in [2.75, 3.05) is 20.3 Å². The lowest BCUT2D eigenvalue weighted by Gasteiger charge is -2.45. The van der Waals surface area contributed by atoms with Crippen LogP contribution in [0.25, 0.3) is 0 Å². The van der Waals surface area contributed by atoms with Crippen molar-refractivity contribution in [1.29, 1.82) is 0 Å². The fourth-order valence-corrected chi connectivity index (χ4v) is 2.37. The van der Waals surface area contributed by atoms with E-state index in [2.05, 4.69) is 18.9 Å². The molecule has 0 N–H and O–H groups in total. The number of likely N-dealkylation sites (N-methyl/N-ethyl adjacent to an activating group) is 1. The molecule has 0 aromatic heterocycles. The highest BCUT2D eigenvalue weighted by molar-refractivity contribution is 4.88. The molecule has 3 atom stereocenters. The van der Waals surface area contributed by atoms with Gasteiger partial charge in [0.25, 0.3) is 0 Å². The van der Waals surface area contributed by atoms with Crippen molar-refractivity contribution < 1.29 is 4.74 Å². The van der Waals surface area contributed by atoms with E-state index in [1.165, 1.54) is 12.8 Å². The number of hydrogen-bond donors (Lipinski definition) is 0. The van der Waals surface area contributed by atoms with E-state index in [4.69, 9.17) is 4.74 Å². The monoisotopic (exact) mass is 155 g/mol. The molecule has 2 heteroatoms. The zero-order valence-corrected chi connectivity index (χ0v) is 7.42. The Bertz CT molecular complexity index is 134. The van der Waals surface area contributed by atoms with Gasteiger partial charge in [0.2, 0.25) is 0 Å². The molecule has 2 aliphatic heterocycles. The van der Waals surface area contributed by atoms with Crippen molar-refractivity contribution in [3.05, 3.63) is 0 Å². The van der Waals surface area contributed by atoms with Crippen LogP contribution in [0.15, 0.2) is 0 Å². The van der Waals surface area contributed by atoms with E-state index in [0.29, 0.717) is 12.1 Å². The second-order valence-corrected chi connectivity index (χ2v) is 4.09. The van der Waals surface area contributed by atoms with Crippen LogP contribution in [0.4, 0.5) is 0 Å². The number of hydrogen-bond acceptors (Lipinski definition) is 2. The van der Waals surface area contributed by atoms with Gasteiger partial charge in [0, 0.05) is 12.1 Å². The average Bonchev–Trinajstić information content (AvgIpc) is 1.92. The molecule has 2 aliphatic rings. The molecule has 2 saturated heterocycles. The summed E-state index contributed by atoms with van der Waals surface area (Å²) in [5, 5.41) is 0. The third-order valence-corrected chi connectivity index (χ3v) is 3.12. The topological polar surface area (TPSA) is 12.5 Å². The van der Waals surface area contributed by atoms with E-state index in [0.717, 1.165) is 19.1 Å². The van der Waals surface area contributed by atoms with Crippen molar-refractivity contribution in [2.45, 2.75) is 31.8 Å². The Morgan fingerprint density at radius 2 is 1.73 bits per heavy atom. The zero-order valence-electron chi connectivity index (χ0n) is 7.42. The lowest BCUT2D eigenvalue weighted by atomic mass is 9.87. The largest absolute Gasteiger partial charge is 0.378 e. The quantitative estimate of drug-likeness (QED) is 0.519. The molecule has 2 heterocycles. The number of fused-ring (bicyclic) bond motifs is 2. The molecule has 0 unspecified atom stereocenters. The summed E-state index contributed by atoms with van der Waals surface area (Å²) in [5.41, 5.74) is 0. The van der Waals surface area contributed by atoms with Crippen LogP contribution in [0.3, 0.4) is 0 Å². The van der Waals surface area contributed by atoms with Gasteiger partial charge in [0.1, 0.15) is 0 Å². The summed E-state index contributed by atoms with van der Waals surface area (Å²) in [6.07, 6.45) is 2.65. The Hall–Kier alpha value is -0.0800. The van der Waals surface area contributed by atoms with E-state index >= 15 is 0 Å². The summed E-state index contributed by atoms with van der Waals surface area (Å²) in [5.74, 6) is 0.907. The van der Waals surface area contributed by atoms with Crippen LogP contribution in [-0.4, -0.2) is 37.2 Å². The van der Waals surface area contributed by atoms with Crippen molar-refractivity contribution in [1.82, 2.24) is 4.90 Å². The molecule has 0 saturated carbocycles. The first-order valence-electron chi connectivity index (χ1n) is 4.57. The van der Waals surface area contributed by atoms with Gasteiger partial charge in [0.05, 0.1) is 13.2 Å². The first-order valence-corrected chi connectivity index (χ1v) is 4.57. The van der Waals surface area contributed by atoms with Gasteiger partial charge in [-0.15, -0.1) is 0 Å². The molecule has 0 aliphatic carbocycles. The predicted molar refractivity (Wildman–Crippen MR) is 44.6 cm³/mol. The van der Waals surface area contributed by atoms with Gasteiger partial charge < -0.3 is 4.74 Å². The van der Waals surface area contributed by atoms with E-state index in [1.54, 1.807) is 0 Å². The Morgan fingerprint density at radius 3 is 2.27 bits per heavy atom. The molecule has 2 fully saturated rings. The number of nitrogens with zero attached hydrogens (tertiary/aromatic N) is 1. The van der Waals surface area contributed by atoms with Gasteiger partial charge in [-0.05, 0) is 25.8 Å². The van der Waals surface area contributed by atoms with Crippen molar-refractivity contribution in [3.8, 4) is 0 Å². The number of ether oxygens (including phenoxy) is 1. The lowest BCUT2D eigenvalue weighted by Crippen LogP contribution is -2.54. The first-order chi connectivity index (χ1) is 5.27. The molecule has 2 bridgehead atoms. The fraction of sp³-hybridized carbons (Fsp3) is 1.00. The molecular formula is C9H17NO. The second kappa shape index (κ2) is 2.76. The van der Waals surface area contributed by atoms with Crippen LogP contribution in [0, 0.1) is 5.92 Å². The maximum Gasteiger partial charge on any atom is 0.0622 e. The number of piperidine rings is 1. The Balaban J connectivity index is 2.07. The summed E-state index contributed by atoms with van der Waals surface area (Å²) < 4.78 is 5.51. The molecule has 0 amide bonds. The van der Waals surface area contributed by atoms with Crippen LogP contribution >= 0.6 is 0 Å². The first kappa shape index (κ1) is 7.56. The van der Waals surface area contributed by atoms with E-state index in [1.807, 2.05) is 0 Å². The van der Waals surface area contributed by atoms with Gasteiger partial charge in [-0.25, -0.2) is 0 Å². The Labute approximate surface area is 68.5 Å². The van der Waals surface area contributed by atoms with Crippen LogP contribution in [0.5, 0.6) is 0 Å². The van der Waals surface area contributed by atoms with E-state index in [9.17, 15) is 0 Å². The fourth-order valence-electron chi connectivity index (χ4n) is 2.37. The molecule has 0 radical (unpaired) electrons. The normalized spacial score (nSPS) is 45.8. The highest BCUT2D eigenvalue weighted by Gasteiger charge is 2.34. The van der Waals surface area contributed by atoms with E-state index < -0.39 is 0 Å². The van der Waals surface area contributed by atoms with Crippen LogP contribution in [0.1, 0.15) is 19.8 Å². The second-order valence-electron chi connectivity index (χ2n) is 4.09. The summed E-state index contributed by atoms with van der Waals surface area (Å²) in [7, 11) is 2.24. The Morgan fingerprint density at radius 1 is 1.18 bits per heavy atom. The molecule has 2 rings (SSSR count). The minimum atomic E-state index is 0.706. The minimum Gasteiger partial charge on any atom is -0.378 e. The number of rotatable bonds is 0. The van der Waals surface area contributed by atoms with Gasteiger partial charge in [-0.3, -0.25) is 4.90 Å². The molecule has 11 heavy (non-hydrogen) atoms.